The first kappa shape index (κ1) is 11.2. The topological polar surface area (TPSA) is 74.2 Å². The molecule has 2 N–H and O–H groups in total. The minimum absolute atomic E-state index is 0.121. The predicted molar refractivity (Wildman–Crippen MR) is 65.9 cm³/mol. The van der Waals surface area contributed by atoms with Crippen molar-refractivity contribution in [2.75, 3.05) is 7.11 Å². The molecule has 0 spiro atoms. The quantitative estimate of drug-likeness (QED) is 0.893. The maximum Gasteiger partial charge on any atom is 0.244 e. The Kier molecular flexibility index (Phi) is 2.76. The number of hydrogen-bond acceptors (Lipinski definition) is 5. The first-order chi connectivity index (χ1) is 8.78. The molecule has 1 aliphatic carbocycles. The molecular weight excluding hydrogens is 230 g/mol. The normalized spacial score (nSPS) is 16.6. The average Bonchev–Trinajstić information content (AvgIpc) is 3.15. The lowest BCUT2D eigenvalue weighted by Crippen LogP contribution is -2.12. The van der Waals surface area contributed by atoms with Crippen LogP contribution in [0.1, 0.15) is 24.8 Å². The van der Waals surface area contributed by atoms with Gasteiger partial charge >= 0.3 is 0 Å². The largest absolute Gasteiger partial charge is 0.497 e. The minimum Gasteiger partial charge on any atom is -0.497 e. The Morgan fingerprint density at radius 2 is 2.06 bits per heavy atom. The molecule has 1 aromatic heterocycles. The van der Waals surface area contributed by atoms with Gasteiger partial charge in [0.1, 0.15) is 5.75 Å². The van der Waals surface area contributed by atoms with E-state index < -0.39 is 0 Å². The summed E-state index contributed by atoms with van der Waals surface area (Å²) in [5.74, 6) is 2.42. The molecular formula is C13H15N3O2. The lowest BCUT2D eigenvalue weighted by atomic mass is 10.2. The van der Waals surface area contributed by atoms with E-state index >= 15 is 0 Å². The minimum atomic E-state index is -0.121. The van der Waals surface area contributed by atoms with E-state index in [0.717, 1.165) is 24.2 Å². The van der Waals surface area contributed by atoms with Crippen molar-refractivity contribution in [2.45, 2.75) is 18.9 Å². The van der Waals surface area contributed by atoms with Gasteiger partial charge in [0, 0.05) is 5.56 Å². The van der Waals surface area contributed by atoms with Crippen molar-refractivity contribution >= 4 is 0 Å². The molecule has 3 rings (SSSR count). The number of rotatable bonds is 4. The molecule has 0 saturated heterocycles. The summed E-state index contributed by atoms with van der Waals surface area (Å²) in [4.78, 5) is 4.35. The Bertz CT molecular complexity index is 531. The second-order valence-corrected chi connectivity index (χ2v) is 4.55. The summed E-state index contributed by atoms with van der Waals surface area (Å²) in [6, 6.07) is 7.41. The van der Waals surface area contributed by atoms with Gasteiger partial charge in [-0.05, 0) is 43.0 Å². The number of ether oxygens (including phenoxy) is 1. The highest BCUT2D eigenvalue weighted by molar-refractivity contribution is 5.55. The van der Waals surface area contributed by atoms with Crippen molar-refractivity contribution in [1.82, 2.24) is 10.1 Å². The third-order valence-corrected chi connectivity index (χ3v) is 3.20. The number of nitrogens with zero attached hydrogens (tertiary/aromatic N) is 2. The molecule has 1 aromatic carbocycles. The number of methoxy groups -OCH3 is 1. The number of hydrogen-bond donors (Lipinski definition) is 1. The van der Waals surface area contributed by atoms with Crippen molar-refractivity contribution in [3.63, 3.8) is 0 Å². The van der Waals surface area contributed by atoms with Gasteiger partial charge in [-0.3, -0.25) is 0 Å². The van der Waals surface area contributed by atoms with Crippen molar-refractivity contribution < 1.29 is 9.26 Å². The smallest absolute Gasteiger partial charge is 0.244 e. The van der Waals surface area contributed by atoms with Crippen LogP contribution >= 0.6 is 0 Å². The van der Waals surface area contributed by atoms with Gasteiger partial charge in [-0.15, -0.1) is 0 Å². The van der Waals surface area contributed by atoms with Gasteiger partial charge in [0.2, 0.25) is 11.7 Å². The molecule has 0 bridgehead atoms. The fourth-order valence-corrected chi connectivity index (χ4v) is 1.88. The fraction of sp³-hybridized carbons (Fsp3) is 0.385. The summed E-state index contributed by atoms with van der Waals surface area (Å²) in [7, 11) is 1.64. The van der Waals surface area contributed by atoms with Crippen LogP contribution in [0.15, 0.2) is 28.8 Å². The number of aromatic nitrogens is 2. The zero-order valence-corrected chi connectivity index (χ0v) is 10.2. The first-order valence-corrected chi connectivity index (χ1v) is 6.01. The third-order valence-electron chi connectivity index (χ3n) is 3.20. The predicted octanol–water partition coefficient (Wildman–Crippen LogP) is 2.16. The van der Waals surface area contributed by atoms with Crippen LogP contribution in [0.25, 0.3) is 11.4 Å². The lowest BCUT2D eigenvalue weighted by molar-refractivity contribution is 0.343. The molecule has 1 heterocycles. The monoisotopic (exact) mass is 245 g/mol. The highest BCUT2D eigenvalue weighted by Gasteiger charge is 2.33. The number of benzene rings is 1. The maximum absolute atomic E-state index is 6.02. The van der Waals surface area contributed by atoms with Gasteiger partial charge in [0.05, 0.1) is 13.2 Å². The second kappa shape index (κ2) is 4.42. The van der Waals surface area contributed by atoms with E-state index in [0.29, 0.717) is 17.6 Å². The molecule has 1 atom stereocenters. The Labute approximate surface area is 105 Å². The molecule has 1 saturated carbocycles. The molecule has 1 aliphatic rings. The van der Waals surface area contributed by atoms with Gasteiger partial charge in [-0.1, -0.05) is 5.16 Å². The molecule has 94 valence electrons. The summed E-state index contributed by atoms with van der Waals surface area (Å²) in [5, 5.41) is 3.97. The summed E-state index contributed by atoms with van der Waals surface area (Å²) in [6.07, 6.45) is 2.31. The van der Waals surface area contributed by atoms with Gasteiger partial charge in [-0.25, -0.2) is 0 Å². The molecule has 0 radical (unpaired) electrons. The van der Waals surface area contributed by atoms with Gasteiger partial charge < -0.3 is 15.0 Å². The van der Waals surface area contributed by atoms with Gasteiger partial charge in [-0.2, -0.15) is 4.98 Å². The van der Waals surface area contributed by atoms with E-state index in [9.17, 15) is 0 Å². The third kappa shape index (κ3) is 2.09. The molecule has 5 nitrogen and oxygen atoms in total. The maximum atomic E-state index is 6.02. The molecule has 0 amide bonds. The highest BCUT2D eigenvalue weighted by Crippen LogP contribution is 2.39. The molecule has 0 aliphatic heterocycles. The van der Waals surface area contributed by atoms with E-state index in [2.05, 4.69) is 10.1 Å². The summed E-state index contributed by atoms with van der Waals surface area (Å²) < 4.78 is 10.3. The van der Waals surface area contributed by atoms with Crippen LogP contribution in [0, 0.1) is 5.92 Å². The van der Waals surface area contributed by atoms with E-state index in [4.69, 9.17) is 15.0 Å². The van der Waals surface area contributed by atoms with Crippen LogP contribution in [0.4, 0.5) is 0 Å². The van der Waals surface area contributed by atoms with Crippen molar-refractivity contribution in [3.05, 3.63) is 30.2 Å². The van der Waals surface area contributed by atoms with Crippen LogP contribution in [-0.2, 0) is 0 Å². The van der Waals surface area contributed by atoms with Crippen molar-refractivity contribution in [2.24, 2.45) is 11.7 Å². The SMILES string of the molecule is COc1ccc(-c2noc(C(N)C3CC3)n2)cc1. The van der Waals surface area contributed by atoms with Crippen LogP contribution in [0.2, 0.25) is 0 Å². The fourth-order valence-electron chi connectivity index (χ4n) is 1.88. The standard InChI is InChI=1S/C13H15N3O2/c1-17-10-6-4-9(5-7-10)12-15-13(18-16-12)11(14)8-2-3-8/h4-8,11H,2-3,14H2,1H3. The Morgan fingerprint density at radius 3 is 2.67 bits per heavy atom. The van der Waals surface area contributed by atoms with Crippen LogP contribution in [0.3, 0.4) is 0 Å². The zero-order valence-electron chi connectivity index (χ0n) is 10.2. The van der Waals surface area contributed by atoms with Gasteiger partial charge in [0.25, 0.3) is 0 Å². The van der Waals surface area contributed by atoms with E-state index in [1.54, 1.807) is 7.11 Å². The van der Waals surface area contributed by atoms with Gasteiger partial charge in [0.15, 0.2) is 0 Å². The number of nitrogens with two attached hydrogens (primary N) is 1. The van der Waals surface area contributed by atoms with Crippen LogP contribution in [-0.4, -0.2) is 17.3 Å². The lowest BCUT2D eigenvalue weighted by Gasteiger charge is -2.01. The van der Waals surface area contributed by atoms with Crippen molar-refractivity contribution in [3.8, 4) is 17.1 Å². The summed E-state index contributed by atoms with van der Waals surface area (Å²) in [6.45, 7) is 0. The Hall–Kier alpha value is -1.88. The first-order valence-electron chi connectivity index (χ1n) is 6.01. The highest BCUT2D eigenvalue weighted by atomic mass is 16.5. The van der Waals surface area contributed by atoms with Crippen LogP contribution < -0.4 is 10.5 Å². The second-order valence-electron chi connectivity index (χ2n) is 4.55. The Morgan fingerprint density at radius 1 is 1.33 bits per heavy atom. The van der Waals surface area contributed by atoms with E-state index in [1.807, 2.05) is 24.3 Å². The van der Waals surface area contributed by atoms with Crippen LogP contribution in [0.5, 0.6) is 5.75 Å². The Balaban J connectivity index is 1.82. The molecule has 18 heavy (non-hydrogen) atoms. The molecule has 5 heteroatoms. The van der Waals surface area contributed by atoms with E-state index in [-0.39, 0.29) is 6.04 Å². The summed E-state index contributed by atoms with van der Waals surface area (Å²) >= 11 is 0. The molecule has 1 unspecified atom stereocenters. The molecule has 1 fully saturated rings. The summed E-state index contributed by atoms with van der Waals surface area (Å²) in [5.41, 5.74) is 6.92. The zero-order chi connectivity index (χ0) is 12.5. The van der Waals surface area contributed by atoms with Crippen molar-refractivity contribution in [1.29, 1.82) is 0 Å². The van der Waals surface area contributed by atoms with E-state index in [1.165, 1.54) is 0 Å². The molecule has 2 aromatic rings. The average molecular weight is 245 g/mol.